The number of aryl methyl sites for hydroxylation is 1. The maximum absolute atomic E-state index is 13.2. The molecule has 3 rings (SSSR count). The lowest BCUT2D eigenvalue weighted by atomic mass is 10.0. The Bertz CT molecular complexity index is 1090. The molecule has 6 nitrogen and oxygen atoms in total. The van der Waals surface area contributed by atoms with E-state index in [0.29, 0.717) is 10.2 Å². The Kier molecular flexibility index (Phi) is 4.58. The van der Waals surface area contributed by atoms with Gasteiger partial charge < -0.3 is 4.74 Å². The number of nitrogens with zero attached hydrogens (tertiary/aromatic N) is 1. The van der Waals surface area contributed by atoms with Crippen molar-refractivity contribution in [3.63, 3.8) is 0 Å². The number of H-pyrrole nitrogens is 1. The molecule has 7 heteroatoms. The van der Waals surface area contributed by atoms with Gasteiger partial charge in [-0.1, -0.05) is 29.8 Å². The number of benzene rings is 1. The van der Waals surface area contributed by atoms with Crippen LogP contribution >= 0.6 is 11.3 Å². The molecule has 0 atom stereocenters. The van der Waals surface area contributed by atoms with Crippen molar-refractivity contribution in [3.05, 3.63) is 56.0 Å². The molecule has 0 aliphatic heterocycles. The fraction of sp³-hybridized carbons (Fsp3) is 0.316. The molecule has 0 spiro atoms. The third-order valence-electron chi connectivity index (χ3n) is 4.33. The minimum absolute atomic E-state index is 0.171. The normalized spacial score (nSPS) is 11.7. The second-order valence-corrected chi connectivity index (χ2v) is 7.45. The maximum Gasteiger partial charge on any atom is 0.332 e. The molecule has 0 saturated heterocycles. The van der Waals surface area contributed by atoms with Gasteiger partial charge in [0.2, 0.25) is 0 Å². The lowest BCUT2D eigenvalue weighted by Gasteiger charge is -2.24. The van der Waals surface area contributed by atoms with Gasteiger partial charge in [0.05, 0.1) is 12.0 Å². The van der Waals surface area contributed by atoms with E-state index in [0.717, 1.165) is 21.3 Å². The van der Waals surface area contributed by atoms with Crippen molar-refractivity contribution in [2.45, 2.75) is 33.2 Å². The summed E-state index contributed by atoms with van der Waals surface area (Å²) in [7, 11) is 0. The fourth-order valence-electron chi connectivity index (χ4n) is 2.87. The van der Waals surface area contributed by atoms with Gasteiger partial charge in [0.25, 0.3) is 5.56 Å². The molecule has 2 aromatic heterocycles. The quantitative estimate of drug-likeness (QED) is 0.714. The first-order valence-corrected chi connectivity index (χ1v) is 9.16. The third-order valence-corrected chi connectivity index (χ3v) is 5.22. The Labute approximate surface area is 154 Å². The minimum atomic E-state index is -1.42. The summed E-state index contributed by atoms with van der Waals surface area (Å²) in [4.78, 5) is 41.2. The summed E-state index contributed by atoms with van der Waals surface area (Å²) in [6.07, 6.45) is 0. The molecule has 0 unspecified atom stereocenters. The van der Waals surface area contributed by atoms with Crippen LogP contribution in [0.2, 0.25) is 0 Å². The molecule has 0 radical (unpaired) electrons. The Morgan fingerprint density at radius 3 is 2.50 bits per heavy atom. The summed E-state index contributed by atoms with van der Waals surface area (Å²) in [5.74, 6) is -0.626. The van der Waals surface area contributed by atoms with Gasteiger partial charge in [-0.25, -0.2) is 14.2 Å². The van der Waals surface area contributed by atoms with Crippen LogP contribution in [0, 0.1) is 6.92 Å². The summed E-state index contributed by atoms with van der Waals surface area (Å²) in [6, 6.07) is 7.79. The lowest BCUT2D eigenvalue weighted by Crippen LogP contribution is -2.51. The average molecular weight is 372 g/mol. The Morgan fingerprint density at radius 2 is 1.88 bits per heavy atom. The van der Waals surface area contributed by atoms with E-state index in [1.54, 1.807) is 6.92 Å². The van der Waals surface area contributed by atoms with Crippen LogP contribution in [0.5, 0.6) is 0 Å². The first kappa shape index (κ1) is 18.1. The van der Waals surface area contributed by atoms with E-state index < -0.39 is 22.8 Å². The van der Waals surface area contributed by atoms with E-state index in [2.05, 4.69) is 4.98 Å². The predicted molar refractivity (Wildman–Crippen MR) is 103 cm³/mol. The lowest BCUT2D eigenvalue weighted by molar-refractivity contribution is -0.152. The van der Waals surface area contributed by atoms with E-state index in [1.165, 1.54) is 25.2 Å². The van der Waals surface area contributed by atoms with Crippen LogP contribution in [-0.4, -0.2) is 22.1 Å². The molecule has 26 heavy (non-hydrogen) atoms. The smallest absolute Gasteiger partial charge is 0.332 e. The molecule has 2 heterocycles. The first-order chi connectivity index (χ1) is 12.3. The maximum atomic E-state index is 13.2. The van der Waals surface area contributed by atoms with E-state index in [9.17, 15) is 14.4 Å². The molecule has 0 saturated carbocycles. The molecule has 3 aromatic rings. The Balaban J connectivity index is 2.29. The molecule has 0 amide bonds. The highest BCUT2D eigenvalue weighted by atomic mass is 32.1. The molecule has 0 fully saturated rings. The summed E-state index contributed by atoms with van der Waals surface area (Å²) in [5.41, 5.74) is 0.187. The Hall–Kier alpha value is -2.67. The zero-order valence-corrected chi connectivity index (χ0v) is 15.9. The van der Waals surface area contributed by atoms with E-state index in [1.807, 2.05) is 36.6 Å². The summed E-state index contributed by atoms with van der Waals surface area (Å²) in [6.45, 7) is 6.85. The molecule has 0 bridgehead atoms. The molecule has 136 valence electrons. The number of fused-ring (bicyclic) bond motifs is 1. The zero-order valence-electron chi connectivity index (χ0n) is 15.1. The number of aromatic amines is 1. The second kappa shape index (κ2) is 6.57. The number of carbonyl (C=O) groups is 1. The highest BCUT2D eigenvalue weighted by Gasteiger charge is 2.35. The third kappa shape index (κ3) is 2.88. The molecule has 1 aromatic carbocycles. The first-order valence-electron chi connectivity index (χ1n) is 8.28. The summed E-state index contributed by atoms with van der Waals surface area (Å²) in [5, 5.41) is 2.24. The van der Waals surface area contributed by atoms with Crippen LogP contribution in [0.15, 0.2) is 39.2 Å². The predicted octanol–water partition coefficient (Wildman–Crippen LogP) is 3.02. The van der Waals surface area contributed by atoms with Crippen molar-refractivity contribution >= 4 is 27.5 Å². The zero-order chi connectivity index (χ0) is 19.1. The SMILES string of the molecule is CCOC(=O)C(C)(C)n1c(=O)[nH]c2scc(-c3ccc(C)cc3)c2c1=O. The van der Waals surface area contributed by atoms with E-state index >= 15 is 0 Å². The van der Waals surface area contributed by atoms with Gasteiger partial charge >= 0.3 is 11.7 Å². The van der Waals surface area contributed by atoms with Crippen molar-refractivity contribution in [3.8, 4) is 11.1 Å². The number of carbonyl (C=O) groups excluding carboxylic acids is 1. The highest BCUT2D eigenvalue weighted by molar-refractivity contribution is 7.17. The molecule has 1 N–H and O–H groups in total. The van der Waals surface area contributed by atoms with Gasteiger partial charge in [0.1, 0.15) is 10.4 Å². The van der Waals surface area contributed by atoms with Gasteiger partial charge in [-0.15, -0.1) is 11.3 Å². The van der Waals surface area contributed by atoms with Crippen LogP contribution in [0.1, 0.15) is 26.3 Å². The van der Waals surface area contributed by atoms with Crippen LogP contribution < -0.4 is 11.2 Å². The molecular formula is C19H20N2O4S. The number of ether oxygens (including phenoxy) is 1. The fourth-order valence-corrected chi connectivity index (χ4v) is 3.82. The minimum Gasteiger partial charge on any atom is -0.464 e. The van der Waals surface area contributed by atoms with Crippen LogP contribution in [0.4, 0.5) is 0 Å². The van der Waals surface area contributed by atoms with Gasteiger partial charge in [-0.05, 0) is 33.3 Å². The van der Waals surface area contributed by atoms with Gasteiger partial charge in [0.15, 0.2) is 0 Å². The number of rotatable bonds is 4. The standard InChI is InChI=1S/C19H20N2O4S/c1-5-25-17(23)19(3,4)21-16(22)14-13(10-26-15(14)20-18(21)24)12-8-6-11(2)7-9-12/h6-10H,5H2,1-4H3,(H,20,24). The number of nitrogens with one attached hydrogen (secondary N) is 1. The van der Waals surface area contributed by atoms with Crippen molar-refractivity contribution in [2.75, 3.05) is 6.61 Å². The second-order valence-electron chi connectivity index (χ2n) is 6.57. The number of esters is 1. The summed E-state index contributed by atoms with van der Waals surface area (Å²) < 4.78 is 5.99. The Morgan fingerprint density at radius 1 is 1.23 bits per heavy atom. The van der Waals surface area contributed by atoms with Crippen LogP contribution in [-0.2, 0) is 15.1 Å². The largest absolute Gasteiger partial charge is 0.464 e. The van der Waals surface area contributed by atoms with Gasteiger partial charge in [-0.3, -0.25) is 9.78 Å². The van der Waals surface area contributed by atoms with Crippen molar-refractivity contribution in [2.24, 2.45) is 0 Å². The number of aromatic nitrogens is 2. The van der Waals surface area contributed by atoms with Crippen molar-refractivity contribution in [1.29, 1.82) is 0 Å². The monoisotopic (exact) mass is 372 g/mol. The summed E-state index contributed by atoms with van der Waals surface area (Å²) >= 11 is 1.29. The molecular weight excluding hydrogens is 352 g/mol. The van der Waals surface area contributed by atoms with Crippen molar-refractivity contribution < 1.29 is 9.53 Å². The van der Waals surface area contributed by atoms with Crippen molar-refractivity contribution in [1.82, 2.24) is 9.55 Å². The number of hydrogen-bond acceptors (Lipinski definition) is 5. The molecule has 0 aliphatic carbocycles. The van der Waals surface area contributed by atoms with Crippen LogP contribution in [0.25, 0.3) is 21.3 Å². The topological polar surface area (TPSA) is 81.2 Å². The number of hydrogen-bond donors (Lipinski definition) is 1. The van der Waals surface area contributed by atoms with E-state index in [-0.39, 0.29) is 6.61 Å². The average Bonchev–Trinajstić information content (AvgIpc) is 2.99. The van der Waals surface area contributed by atoms with Gasteiger partial charge in [-0.2, -0.15) is 0 Å². The van der Waals surface area contributed by atoms with Crippen LogP contribution in [0.3, 0.4) is 0 Å². The highest BCUT2D eigenvalue weighted by Crippen LogP contribution is 2.30. The molecule has 0 aliphatic rings. The van der Waals surface area contributed by atoms with Gasteiger partial charge in [0, 0.05) is 10.9 Å². The van der Waals surface area contributed by atoms with E-state index in [4.69, 9.17) is 4.74 Å². The number of thiophene rings is 1.